The molecule has 0 spiro atoms. The SMILES string of the molecule is COc1cc(NC(=O)c2cc(N)c(C)c(F)c2)ccc1Cl. The molecule has 0 aliphatic rings. The monoisotopic (exact) mass is 308 g/mol. The maximum absolute atomic E-state index is 13.6. The molecule has 0 unspecified atom stereocenters. The molecule has 0 aromatic heterocycles. The second-order valence-electron chi connectivity index (χ2n) is 4.48. The number of ether oxygens (including phenoxy) is 1. The van der Waals surface area contributed by atoms with Gasteiger partial charge in [0.2, 0.25) is 0 Å². The first-order valence-electron chi connectivity index (χ1n) is 6.13. The van der Waals surface area contributed by atoms with Gasteiger partial charge in [-0.25, -0.2) is 4.39 Å². The third-order valence-electron chi connectivity index (χ3n) is 3.06. The summed E-state index contributed by atoms with van der Waals surface area (Å²) in [6.45, 7) is 1.55. The summed E-state index contributed by atoms with van der Waals surface area (Å²) < 4.78 is 18.7. The molecule has 2 aromatic carbocycles. The van der Waals surface area contributed by atoms with Crippen molar-refractivity contribution in [2.45, 2.75) is 6.92 Å². The van der Waals surface area contributed by atoms with Gasteiger partial charge in [-0.3, -0.25) is 4.79 Å². The first kappa shape index (κ1) is 15.1. The van der Waals surface area contributed by atoms with Gasteiger partial charge in [-0.1, -0.05) is 11.6 Å². The van der Waals surface area contributed by atoms with Crippen LogP contribution in [0.1, 0.15) is 15.9 Å². The van der Waals surface area contributed by atoms with Crippen LogP contribution >= 0.6 is 11.6 Å². The number of nitrogen functional groups attached to an aromatic ring is 1. The number of methoxy groups -OCH3 is 1. The van der Waals surface area contributed by atoms with E-state index in [1.807, 2.05) is 0 Å². The van der Waals surface area contributed by atoms with Crippen LogP contribution in [0.3, 0.4) is 0 Å². The molecule has 21 heavy (non-hydrogen) atoms. The number of carbonyl (C=O) groups is 1. The van der Waals surface area contributed by atoms with Crippen molar-refractivity contribution in [1.82, 2.24) is 0 Å². The van der Waals surface area contributed by atoms with Crippen molar-refractivity contribution in [1.29, 1.82) is 0 Å². The Morgan fingerprint density at radius 2 is 2.05 bits per heavy atom. The van der Waals surface area contributed by atoms with Crippen LogP contribution in [0.15, 0.2) is 30.3 Å². The van der Waals surface area contributed by atoms with Crippen LogP contribution in [-0.4, -0.2) is 13.0 Å². The number of amides is 1. The smallest absolute Gasteiger partial charge is 0.255 e. The Labute approximate surface area is 126 Å². The van der Waals surface area contributed by atoms with Crippen LogP contribution < -0.4 is 15.8 Å². The fraction of sp³-hybridized carbons (Fsp3) is 0.133. The Bertz CT molecular complexity index is 681. The van der Waals surface area contributed by atoms with E-state index in [1.54, 1.807) is 25.1 Å². The molecule has 0 bridgehead atoms. The van der Waals surface area contributed by atoms with Crippen molar-refractivity contribution in [2.75, 3.05) is 18.2 Å². The lowest BCUT2D eigenvalue weighted by Crippen LogP contribution is -2.13. The van der Waals surface area contributed by atoms with E-state index in [4.69, 9.17) is 22.1 Å². The van der Waals surface area contributed by atoms with Gasteiger partial charge < -0.3 is 15.8 Å². The molecule has 0 radical (unpaired) electrons. The van der Waals surface area contributed by atoms with Crippen LogP contribution in [0.25, 0.3) is 0 Å². The van der Waals surface area contributed by atoms with Crippen molar-refractivity contribution in [3.05, 3.63) is 52.3 Å². The van der Waals surface area contributed by atoms with Gasteiger partial charge in [0.15, 0.2) is 0 Å². The van der Waals surface area contributed by atoms with Crippen molar-refractivity contribution in [3.8, 4) is 5.75 Å². The summed E-state index contributed by atoms with van der Waals surface area (Å²) in [4.78, 5) is 12.1. The number of nitrogens with one attached hydrogen (secondary N) is 1. The number of anilines is 2. The number of rotatable bonds is 3. The first-order valence-corrected chi connectivity index (χ1v) is 6.50. The molecule has 1 amide bonds. The zero-order chi connectivity index (χ0) is 15.6. The van der Waals surface area contributed by atoms with Gasteiger partial charge in [-0.2, -0.15) is 0 Å². The van der Waals surface area contributed by atoms with E-state index in [9.17, 15) is 9.18 Å². The average Bonchev–Trinajstić information content (AvgIpc) is 2.46. The quantitative estimate of drug-likeness (QED) is 0.851. The lowest BCUT2D eigenvalue weighted by molar-refractivity contribution is 0.102. The molecule has 110 valence electrons. The third-order valence-corrected chi connectivity index (χ3v) is 3.37. The summed E-state index contributed by atoms with van der Waals surface area (Å²) in [7, 11) is 1.48. The molecule has 2 aromatic rings. The summed E-state index contributed by atoms with van der Waals surface area (Å²) >= 11 is 5.91. The highest BCUT2D eigenvalue weighted by atomic mass is 35.5. The Morgan fingerprint density at radius 3 is 2.67 bits per heavy atom. The average molecular weight is 309 g/mol. The number of benzene rings is 2. The second-order valence-corrected chi connectivity index (χ2v) is 4.88. The molecule has 0 saturated carbocycles. The third kappa shape index (κ3) is 3.25. The molecule has 2 rings (SSSR count). The lowest BCUT2D eigenvalue weighted by atomic mass is 10.1. The molecule has 0 atom stereocenters. The number of halogens is 2. The summed E-state index contributed by atoms with van der Waals surface area (Å²) in [5.41, 5.74) is 6.84. The van der Waals surface area contributed by atoms with Crippen LogP contribution in [0.2, 0.25) is 5.02 Å². The topological polar surface area (TPSA) is 64.3 Å². The molecule has 0 saturated heterocycles. The van der Waals surface area contributed by atoms with E-state index < -0.39 is 11.7 Å². The van der Waals surface area contributed by atoms with Gasteiger partial charge in [0.1, 0.15) is 11.6 Å². The lowest BCUT2D eigenvalue weighted by Gasteiger charge is -2.10. The minimum absolute atomic E-state index is 0.143. The van der Waals surface area contributed by atoms with Gasteiger partial charge >= 0.3 is 0 Å². The Kier molecular flexibility index (Phi) is 4.33. The molecule has 6 heteroatoms. The maximum atomic E-state index is 13.6. The van der Waals surface area contributed by atoms with Gasteiger partial charge in [-0.15, -0.1) is 0 Å². The summed E-state index contributed by atoms with van der Waals surface area (Å²) in [6, 6.07) is 7.37. The Balaban J connectivity index is 2.26. The highest BCUT2D eigenvalue weighted by Crippen LogP contribution is 2.27. The van der Waals surface area contributed by atoms with E-state index >= 15 is 0 Å². The van der Waals surface area contributed by atoms with Crippen molar-refractivity contribution >= 4 is 28.9 Å². The molecule has 4 nitrogen and oxygen atoms in total. The van der Waals surface area contributed by atoms with Crippen molar-refractivity contribution in [3.63, 3.8) is 0 Å². The summed E-state index contributed by atoms with van der Waals surface area (Å²) in [5.74, 6) is -0.553. The van der Waals surface area contributed by atoms with E-state index in [0.29, 0.717) is 22.0 Å². The number of hydrogen-bond acceptors (Lipinski definition) is 3. The fourth-order valence-electron chi connectivity index (χ4n) is 1.77. The highest BCUT2D eigenvalue weighted by Gasteiger charge is 2.12. The largest absolute Gasteiger partial charge is 0.495 e. The molecular formula is C15H14ClFN2O2. The first-order chi connectivity index (χ1) is 9.92. The minimum atomic E-state index is -0.520. The van der Waals surface area contributed by atoms with Gasteiger partial charge in [0, 0.05) is 28.6 Å². The maximum Gasteiger partial charge on any atom is 0.255 e. The van der Waals surface area contributed by atoms with E-state index in [-0.39, 0.29) is 11.3 Å². The molecular weight excluding hydrogens is 295 g/mol. The summed E-state index contributed by atoms with van der Waals surface area (Å²) in [6.07, 6.45) is 0. The van der Waals surface area contributed by atoms with Gasteiger partial charge in [-0.05, 0) is 31.2 Å². The van der Waals surface area contributed by atoms with Crippen LogP contribution in [0.4, 0.5) is 15.8 Å². The zero-order valence-electron chi connectivity index (χ0n) is 11.5. The molecule has 0 aliphatic heterocycles. The van der Waals surface area contributed by atoms with Gasteiger partial charge in [0.25, 0.3) is 5.91 Å². The Morgan fingerprint density at radius 1 is 1.33 bits per heavy atom. The zero-order valence-corrected chi connectivity index (χ0v) is 12.3. The van der Waals surface area contributed by atoms with Crippen LogP contribution in [-0.2, 0) is 0 Å². The molecule has 3 N–H and O–H groups in total. The van der Waals surface area contributed by atoms with Crippen LogP contribution in [0, 0.1) is 12.7 Å². The number of nitrogens with two attached hydrogens (primary N) is 1. The molecule has 0 heterocycles. The standard InChI is InChI=1S/C15H14ClFN2O2/c1-8-12(17)5-9(6-13(8)18)15(20)19-10-3-4-11(16)14(7-10)21-2/h3-7H,18H2,1-2H3,(H,19,20). The molecule has 0 fully saturated rings. The van der Waals surface area contributed by atoms with Gasteiger partial charge in [0.05, 0.1) is 12.1 Å². The van der Waals surface area contributed by atoms with E-state index in [2.05, 4.69) is 5.32 Å². The molecule has 0 aliphatic carbocycles. The predicted octanol–water partition coefficient (Wildman–Crippen LogP) is 3.63. The number of carbonyl (C=O) groups excluding carboxylic acids is 1. The highest BCUT2D eigenvalue weighted by molar-refractivity contribution is 6.32. The van der Waals surface area contributed by atoms with Crippen LogP contribution in [0.5, 0.6) is 5.75 Å². The predicted molar refractivity (Wildman–Crippen MR) is 81.5 cm³/mol. The number of hydrogen-bond donors (Lipinski definition) is 2. The second kappa shape index (κ2) is 6.01. The normalized spacial score (nSPS) is 10.3. The van der Waals surface area contributed by atoms with E-state index in [0.717, 1.165) is 6.07 Å². The Hall–Kier alpha value is -2.27. The fourth-order valence-corrected chi connectivity index (χ4v) is 1.97. The summed E-state index contributed by atoms with van der Waals surface area (Å²) in [5, 5.41) is 3.07. The minimum Gasteiger partial charge on any atom is -0.495 e. The van der Waals surface area contributed by atoms with Crippen molar-refractivity contribution in [2.24, 2.45) is 0 Å². The van der Waals surface area contributed by atoms with E-state index in [1.165, 1.54) is 13.2 Å². The van der Waals surface area contributed by atoms with Crippen molar-refractivity contribution < 1.29 is 13.9 Å².